The van der Waals surface area contributed by atoms with E-state index in [1.807, 2.05) is 0 Å². The number of hydrogen-bond donors (Lipinski definition) is 1. The summed E-state index contributed by atoms with van der Waals surface area (Å²) in [6, 6.07) is 4.95. The van der Waals surface area contributed by atoms with E-state index >= 15 is 0 Å². The third kappa shape index (κ3) is 2.42. The van der Waals surface area contributed by atoms with Crippen molar-refractivity contribution in [2.45, 2.75) is 6.10 Å². The molecule has 0 bridgehead atoms. The Morgan fingerprint density at radius 1 is 1.62 bits per heavy atom. The smallest absolute Gasteiger partial charge is 0.133 e. The Bertz CT molecular complexity index is 291. The molecule has 0 amide bonds. The molecular weight excluding hydrogens is 239 g/mol. The molecule has 1 aromatic rings. The van der Waals surface area contributed by atoms with Crippen LogP contribution >= 0.6 is 15.9 Å². The third-order valence-corrected chi connectivity index (χ3v) is 2.33. The van der Waals surface area contributed by atoms with Crippen LogP contribution in [-0.4, -0.2) is 18.9 Å². The predicted octanol–water partition coefficient (Wildman–Crippen LogP) is 2.46. The molecule has 0 aliphatic heterocycles. The molecule has 1 aromatic carbocycles. The van der Waals surface area contributed by atoms with Crippen molar-refractivity contribution in [2.75, 3.05) is 13.8 Å². The molecule has 13 heavy (non-hydrogen) atoms. The van der Waals surface area contributed by atoms with Crippen LogP contribution in [-0.2, 0) is 0 Å². The molecule has 0 aromatic heterocycles. The van der Waals surface area contributed by atoms with E-state index in [4.69, 9.17) is 4.74 Å². The monoisotopic (exact) mass is 248 g/mol. The lowest BCUT2D eigenvalue weighted by Gasteiger charge is -2.08. The summed E-state index contributed by atoms with van der Waals surface area (Å²) in [7, 11) is 1.55. The number of aliphatic hydroxyl groups excluding tert-OH is 1. The predicted molar refractivity (Wildman–Crippen MR) is 51.6 cm³/mol. The van der Waals surface area contributed by atoms with Crippen LogP contribution in [0, 0.1) is 0 Å². The van der Waals surface area contributed by atoms with Gasteiger partial charge in [-0.05, 0) is 33.6 Å². The van der Waals surface area contributed by atoms with E-state index in [1.165, 1.54) is 0 Å². The molecule has 0 heterocycles. The van der Waals surface area contributed by atoms with Crippen LogP contribution in [0.1, 0.15) is 11.7 Å². The zero-order chi connectivity index (χ0) is 9.84. The van der Waals surface area contributed by atoms with Crippen LogP contribution in [0.15, 0.2) is 22.7 Å². The van der Waals surface area contributed by atoms with E-state index < -0.39 is 12.8 Å². The molecule has 0 aliphatic carbocycles. The van der Waals surface area contributed by atoms with Gasteiger partial charge in [-0.1, -0.05) is 6.07 Å². The first-order valence-corrected chi connectivity index (χ1v) is 4.55. The molecule has 4 heteroatoms. The average Bonchev–Trinajstić information content (AvgIpc) is 2.16. The first kappa shape index (κ1) is 10.5. The number of aliphatic hydroxyl groups is 1. The number of methoxy groups -OCH3 is 1. The van der Waals surface area contributed by atoms with Crippen LogP contribution in [0.25, 0.3) is 0 Å². The SMILES string of the molecule is COc1ccc(C(O)CF)cc1Br. The fraction of sp³-hybridized carbons (Fsp3) is 0.333. The maximum atomic E-state index is 12.1. The van der Waals surface area contributed by atoms with E-state index in [1.54, 1.807) is 25.3 Å². The Balaban J connectivity index is 2.95. The zero-order valence-corrected chi connectivity index (χ0v) is 8.71. The van der Waals surface area contributed by atoms with Gasteiger partial charge >= 0.3 is 0 Å². The summed E-state index contributed by atoms with van der Waals surface area (Å²) >= 11 is 3.25. The van der Waals surface area contributed by atoms with Crippen molar-refractivity contribution in [3.63, 3.8) is 0 Å². The largest absolute Gasteiger partial charge is 0.496 e. The number of hydrogen-bond acceptors (Lipinski definition) is 2. The van der Waals surface area contributed by atoms with E-state index in [2.05, 4.69) is 15.9 Å². The highest BCUT2D eigenvalue weighted by atomic mass is 79.9. The van der Waals surface area contributed by atoms with E-state index in [0.717, 1.165) is 0 Å². The van der Waals surface area contributed by atoms with Gasteiger partial charge in [-0.25, -0.2) is 4.39 Å². The molecule has 0 fully saturated rings. The molecule has 0 saturated carbocycles. The first-order valence-electron chi connectivity index (χ1n) is 3.76. The van der Waals surface area contributed by atoms with E-state index in [0.29, 0.717) is 15.8 Å². The van der Waals surface area contributed by atoms with Gasteiger partial charge in [0.05, 0.1) is 11.6 Å². The lowest BCUT2D eigenvalue weighted by Crippen LogP contribution is -1.99. The molecule has 2 nitrogen and oxygen atoms in total. The van der Waals surface area contributed by atoms with Gasteiger partial charge in [-0.15, -0.1) is 0 Å². The topological polar surface area (TPSA) is 29.5 Å². The quantitative estimate of drug-likeness (QED) is 0.891. The van der Waals surface area contributed by atoms with Crippen molar-refractivity contribution in [3.05, 3.63) is 28.2 Å². The van der Waals surface area contributed by atoms with Gasteiger partial charge in [0.2, 0.25) is 0 Å². The molecule has 1 N–H and O–H groups in total. The van der Waals surface area contributed by atoms with Crippen molar-refractivity contribution in [3.8, 4) is 5.75 Å². The summed E-state index contributed by atoms with van der Waals surface area (Å²) in [6.45, 7) is -0.779. The van der Waals surface area contributed by atoms with Crippen molar-refractivity contribution >= 4 is 15.9 Å². The minimum absolute atomic E-state index is 0.537. The van der Waals surface area contributed by atoms with Gasteiger partial charge in [0.15, 0.2) is 0 Å². The summed E-state index contributed by atoms with van der Waals surface area (Å²) < 4.78 is 17.8. The summed E-state index contributed by atoms with van der Waals surface area (Å²) in [4.78, 5) is 0. The van der Waals surface area contributed by atoms with E-state index in [-0.39, 0.29) is 0 Å². The average molecular weight is 249 g/mol. The summed E-state index contributed by atoms with van der Waals surface area (Å²) in [6.07, 6.45) is -1.05. The molecular formula is C9H10BrFO2. The highest BCUT2D eigenvalue weighted by Gasteiger charge is 2.08. The van der Waals surface area contributed by atoms with E-state index in [9.17, 15) is 9.50 Å². The molecule has 0 spiro atoms. The Hall–Kier alpha value is -0.610. The summed E-state index contributed by atoms with van der Waals surface area (Å²) in [5, 5.41) is 9.18. The minimum Gasteiger partial charge on any atom is -0.496 e. The van der Waals surface area contributed by atoms with Gasteiger partial charge in [0.25, 0.3) is 0 Å². The number of ether oxygens (including phenoxy) is 1. The second-order valence-electron chi connectivity index (χ2n) is 2.56. The maximum absolute atomic E-state index is 12.1. The Morgan fingerprint density at radius 2 is 2.31 bits per heavy atom. The molecule has 0 aliphatic rings. The van der Waals surface area contributed by atoms with Crippen molar-refractivity contribution in [1.82, 2.24) is 0 Å². The number of alkyl halides is 1. The minimum atomic E-state index is -1.05. The normalized spacial score (nSPS) is 12.6. The second-order valence-corrected chi connectivity index (χ2v) is 3.42. The van der Waals surface area contributed by atoms with Gasteiger partial charge in [0, 0.05) is 0 Å². The van der Waals surface area contributed by atoms with Crippen LogP contribution in [0.4, 0.5) is 4.39 Å². The molecule has 0 saturated heterocycles. The zero-order valence-electron chi connectivity index (χ0n) is 7.13. The van der Waals surface area contributed by atoms with Crippen molar-refractivity contribution in [2.24, 2.45) is 0 Å². The van der Waals surface area contributed by atoms with Gasteiger partial charge in [-0.2, -0.15) is 0 Å². The lowest BCUT2D eigenvalue weighted by atomic mass is 10.1. The fourth-order valence-corrected chi connectivity index (χ4v) is 1.54. The van der Waals surface area contributed by atoms with Crippen LogP contribution in [0.2, 0.25) is 0 Å². The Morgan fingerprint density at radius 3 is 2.77 bits per heavy atom. The fourth-order valence-electron chi connectivity index (χ4n) is 0.979. The number of benzene rings is 1. The lowest BCUT2D eigenvalue weighted by molar-refractivity contribution is 0.141. The molecule has 72 valence electrons. The Kier molecular flexibility index (Phi) is 3.69. The van der Waals surface area contributed by atoms with Crippen LogP contribution in [0.3, 0.4) is 0 Å². The first-order chi connectivity index (χ1) is 6.19. The third-order valence-electron chi connectivity index (χ3n) is 1.71. The molecule has 0 radical (unpaired) electrons. The van der Waals surface area contributed by atoms with Gasteiger partial charge < -0.3 is 9.84 Å². The van der Waals surface area contributed by atoms with Gasteiger partial charge in [-0.3, -0.25) is 0 Å². The maximum Gasteiger partial charge on any atom is 0.133 e. The highest BCUT2D eigenvalue weighted by Crippen LogP contribution is 2.27. The second kappa shape index (κ2) is 4.58. The molecule has 1 rings (SSSR count). The highest BCUT2D eigenvalue weighted by molar-refractivity contribution is 9.10. The molecule has 1 unspecified atom stereocenters. The summed E-state index contributed by atoms with van der Waals surface area (Å²) in [5.41, 5.74) is 0.537. The summed E-state index contributed by atoms with van der Waals surface area (Å²) in [5.74, 6) is 0.662. The van der Waals surface area contributed by atoms with Crippen LogP contribution in [0.5, 0.6) is 5.75 Å². The number of halogens is 2. The van der Waals surface area contributed by atoms with Crippen LogP contribution < -0.4 is 4.74 Å². The molecule has 1 atom stereocenters. The Labute approximate surface area is 84.5 Å². The standard InChI is InChI=1S/C9H10BrFO2/c1-13-9-3-2-6(4-7(9)10)8(12)5-11/h2-4,8,12H,5H2,1H3. The van der Waals surface area contributed by atoms with Crippen molar-refractivity contribution in [1.29, 1.82) is 0 Å². The van der Waals surface area contributed by atoms with Crippen molar-refractivity contribution < 1.29 is 14.2 Å². The number of rotatable bonds is 3. The van der Waals surface area contributed by atoms with Gasteiger partial charge in [0.1, 0.15) is 18.5 Å².